The minimum absolute atomic E-state index is 0.0787. The highest BCUT2D eigenvalue weighted by molar-refractivity contribution is 5.97. The quantitative estimate of drug-likeness (QED) is 0.219. The number of aromatic nitrogens is 2. The highest BCUT2D eigenvalue weighted by atomic mass is 16.5. The van der Waals surface area contributed by atoms with Gasteiger partial charge in [0.15, 0.2) is 5.52 Å². The first-order chi connectivity index (χ1) is 13.3. The lowest BCUT2D eigenvalue weighted by atomic mass is 10.2. The number of hydrogen-bond donors (Lipinski definition) is 4. The van der Waals surface area contributed by atoms with Crippen LogP contribution in [0.2, 0.25) is 0 Å². The summed E-state index contributed by atoms with van der Waals surface area (Å²) in [6.45, 7) is 3.15. The van der Waals surface area contributed by atoms with Gasteiger partial charge in [-0.05, 0) is 31.2 Å². The molecular weight excluding hydrogens is 364 g/mol. The molecule has 0 spiro atoms. The molecule has 0 aliphatic rings. The van der Waals surface area contributed by atoms with E-state index in [9.17, 15) is 20.0 Å². The lowest BCUT2D eigenvalue weighted by molar-refractivity contribution is -0.521. The minimum Gasteiger partial charge on any atom is -0.507 e. The van der Waals surface area contributed by atoms with Gasteiger partial charge in [0.25, 0.3) is 11.2 Å². The summed E-state index contributed by atoms with van der Waals surface area (Å²) in [6, 6.07) is 10.8. The molecule has 0 aliphatic heterocycles. The van der Waals surface area contributed by atoms with Crippen LogP contribution in [-0.4, -0.2) is 33.8 Å². The Labute approximate surface area is 159 Å². The number of hydrazine groups is 1. The molecule has 3 rings (SSSR count). The largest absolute Gasteiger partial charge is 0.507 e. The van der Waals surface area contributed by atoms with Crippen molar-refractivity contribution in [3.8, 4) is 11.5 Å². The average Bonchev–Trinajstić information content (AvgIpc) is 2.70. The first kappa shape index (κ1) is 18.9. The molecular formula is C19H20N4O5+2. The maximum Gasteiger partial charge on any atom is 0.353 e. The number of benzene rings is 2. The van der Waals surface area contributed by atoms with Gasteiger partial charge in [0, 0.05) is 11.8 Å². The molecule has 0 saturated carbocycles. The zero-order valence-electron chi connectivity index (χ0n) is 15.6. The van der Waals surface area contributed by atoms with E-state index in [1.807, 2.05) is 0 Å². The Bertz CT molecular complexity index is 1170. The average molecular weight is 384 g/mol. The fourth-order valence-corrected chi connectivity index (χ4v) is 2.89. The molecule has 1 aromatic heterocycles. The van der Waals surface area contributed by atoms with Crippen molar-refractivity contribution in [2.24, 2.45) is 0 Å². The van der Waals surface area contributed by atoms with Crippen molar-refractivity contribution < 1.29 is 29.4 Å². The van der Waals surface area contributed by atoms with Crippen LogP contribution >= 0.6 is 0 Å². The number of para-hydroxylation sites is 1. The van der Waals surface area contributed by atoms with Gasteiger partial charge in [0.1, 0.15) is 17.2 Å². The summed E-state index contributed by atoms with van der Waals surface area (Å²) >= 11 is 0. The Balaban J connectivity index is 2.05. The third-order valence-corrected chi connectivity index (χ3v) is 4.36. The topological polar surface area (TPSA) is 121 Å². The molecule has 0 saturated heterocycles. The van der Waals surface area contributed by atoms with E-state index in [1.54, 1.807) is 38.1 Å². The number of methoxy groups -OCH3 is 1. The zero-order valence-corrected chi connectivity index (χ0v) is 15.6. The monoisotopic (exact) mass is 384 g/mol. The molecule has 28 heavy (non-hydrogen) atoms. The van der Waals surface area contributed by atoms with E-state index in [0.717, 1.165) is 4.73 Å². The summed E-state index contributed by atoms with van der Waals surface area (Å²) in [5.74, 6) is -0.280. The van der Waals surface area contributed by atoms with E-state index in [0.29, 0.717) is 21.4 Å². The highest BCUT2D eigenvalue weighted by Gasteiger charge is 2.29. The number of nitrogens with zero attached hydrogens (tertiary/aromatic N) is 2. The second-order valence-corrected chi connectivity index (χ2v) is 6.12. The van der Waals surface area contributed by atoms with E-state index in [-0.39, 0.29) is 28.2 Å². The lowest BCUT2D eigenvalue weighted by Gasteiger charge is -2.06. The number of amides is 1. The van der Waals surface area contributed by atoms with Crippen LogP contribution in [0.5, 0.6) is 11.5 Å². The predicted octanol–water partition coefficient (Wildman–Crippen LogP) is 0.0503. The van der Waals surface area contributed by atoms with E-state index in [2.05, 4.69) is 10.5 Å². The van der Waals surface area contributed by atoms with Gasteiger partial charge in [0.05, 0.1) is 23.2 Å². The Morgan fingerprint density at radius 2 is 1.96 bits per heavy atom. The molecule has 0 radical (unpaired) electrons. The number of hydrogen-bond acceptors (Lipinski definition) is 5. The van der Waals surface area contributed by atoms with Gasteiger partial charge in [0.2, 0.25) is 0 Å². The van der Waals surface area contributed by atoms with Gasteiger partial charge in [-0.25, -0.2) is 0 Å². The summed E-state index contributed by atoms with van der Waals surface area (Å²) in [6.07, 6.45) is 0. The molecule has 0 fully saturated rings. The molecule has 9 nitrogen and oxygen atoms in total. The van der Waals surface area contributed by atoms with Crippen molar-refractivity contribution in [1.29, 1.82) is 0 Å². The molecule has 0 aliphatic carbocycles. The number of carbonyl (C=O) groups is 1. The first-order valence-corrected chi connectivity index (χ1v) is 8.38. The molecule has 0 unspecified atom stereocenters. The molecule has 3 aromatic rings. The summed E-state index contributed by atoms with van der Waals surface area (Å²) in [5.41, 5.74) is 3.70. The lowest BCUT2D eigenvalue weighted by Crippen LogP contribution is -2.84. The molecule has 9 heteroatoms. The van der Waals surface area contributed by atoms with Crippen molar-refractivity contribution in [3.63, 3.8) is 0 Å². The molecule has 1 heterocycles. The van der Waals surface area contributed by atoms with Crippen LogP contribution < -0.4 is 19.7 Å². The minimum atomic E-state index is -0.577. The van der Waals surface area contributed by atoms with E-state index >= 15 is 0 Å². The van der Waals surface area contributed by atoms with Crippen molar-refractivity contribution in [3.05, 3.63) is 64.3 Å². The number of rotatable bonds is 4. The SMILES string of the molecule is COc1ccc2c(c1)[n+](=O)c(/C(C)=[NH+]/NC(=O)c1ccccc1O)c(C)n2O. The normalized spacial score (nSPS) is 11.5. The number of fused-ring (bicyclic) bond motifs is 1. The Morgan fingerprint density at radius 1 is 1.25 bits per heavy atom. The van der Waals surface area contributed by atoms with Gasteiger partial charge in [-0.2, -0.15) is 4.73 Å². The smallest absolute Gasteiger partial charge is 0.353 e. The van der Waals surface area contributed by atoms with Gasteiger partial charge in [-0.3, -0.25) is 4.79 Å². The fraction of sp³-hybridized carbons (Fsp3) is 0.158. The van der Waals surface area contributed by atoms with Crippen molar-refractivity contribution >= 4 is 22.7 Å². The number of nitrogens with one attached hydrogen (secondary N) is 2. The first-order valence-electron chi connectivity index (χ1n) is 8.38. The summed E-state index contributed by atoms with van der Waals surface area (Å²) < 4.78 is 6.69. The number of ether oxygens (including phenoxy) is 1. The number of phenolic OH excluding ortho intramolecular Hbond substituents is 1. The maximum atomic E-state index is 12.9. The van der Waals surface area contributed by atoms with Crippen LogP contribution in [0.1, 0.15) is 28.7 Å². The third-order valence-electron chi connectivity index (χ3n) is 4.36. The van der Waals surface area contributed by atoms with Gasteiger partial charge >= 0.3 is 11.6 Å². The Morgan fingerprint density at radius 3 is 2.64 bits per heavy atom. The number of carbonyl (C=O) groups excluding carboxylic acids is 1. The molecule has 1 amide bonds. The zero-order chi connectivity index (χ0) is 20.4. The number of aromatic hydroxyl groups is 1. The van der Waals surface area contributed by atoms with Crippen LogP contribution in [0.25, 0.3) is 11.0 Å². The molecule has 144 valence electrons. The van der Waals surface area contributed by atoms with Crippen LogP contribution in [0, 0.1) is 11.8 Å². The second-order valence-electron chi connectivity index (χ2n) is 6.12. The number of phenols is 1. The Hall–Kier alpha value is -3.88. The summed E-state index contributed by atoms with van der Waals surface area (Å²) in [7, 11) is 1.48. The van der Waals surface area contributed by atoms with Crippen LogP contribution in [0.3, 0.4) is 0 Å². The fourth-order valence-electron chi connectivity index (χ4n) is 2.89. The number of hydrazone groups is 1. The summed E-state index contributed by atoms with van der Waals surface area (Å²) in [4.78, 5) is 25.1. The second kappa shape index (κ2) is 7.39. The van der Waals surface area contributed by atoms with E-state index in [4.69, 9.17) is 4.74 Å². The van der Waals surface area contributed by atoms with Crippen molar-refractivity contribution in [2.75, 3.05) is 7.11 Å². The summed E-state index contributed by atoms with van der Waals surface area (Å²) in [5, 5.41) is 22.8. The molecule has 0 atom stereocenters. The Kier molecular flexibility index (Phi) is 4.99. The van der Waals surface area contributed by atoms with Crippen LogP contribution in [0.15, 0.2) is 42.5 Å². The van der Waals surface area contributed by atoms with E-state index < -0.39 is 5.91 Å². The highest BCUT2D eigenvalue weighted by Crippen LogP contribution is 2.19. The van der Waals surface area contributed by atoms with E-state index in [1.165, 1.54) is 25.3 Å². The molecule has 2 aromatic carbocycles. The third kappa shape index (κ3) is 3.25. The standard InChI is InChI=1S/C19H18N4O5/c1-11(20-21-19(25)14-6-4-5-7-17(14)24)18-12(2)22(26)15-9-8-13(28-3)10-16(15)23(18)27/h4-10,26H,1-3H3,(H-,21,24,25)/p+2/b20-11+. The maximum absolute atomic E-state index is 12.9. The van der Waals surface area contributed by atoms with Crippen LogP contribution in [-0.2, 0) is 0 Å². The predicted molar refractivity (Wildman–Crippen MR) is 100 cm³/mol. The van der Waals surface area contributed by atoms with Gasteiger partial charge in [-0.15, -0.1) is 10.5 Å². The van der Waals surface area contributed by atoms with Crippen molar-refractivity contribution in [2.45, 2.75) is 13.8 Å². The molecule has 0 bridgehead atoms. The van der Waals surface area contributed by atoms with Gasteiger partial charge < -0.3 is 15.1 Å². The molecule has 4 N–H and O–H groups in total. The van der Waals surface area contributed by atoms with Gasteiger partial charge in [-0.1, -0.05) is 12.1 Å². The van der Waals surface area contributed by atoms with Crippen LogP contribution in [0.4, 0.5) is 0 Å². The van der Waals surface area contributed by atoms with Crippen molar-refractivity contribution in [1.82, 2.24) is 10.2 Å².